The van der Waals surface area contributed by atoms with Crippen LogP contribution in [-0.2, 0) is 21.4 Å². The molecule has 3 fully saturated rings. The van der Waals surface area contributed by atoms with E-state index in [1.54, 1.807) is 0 Å². The molecule has 0 amide bonds. The third kappa shape index (κ3) is 3.58. The highest BCUT2D eigenvalue weighted by molar-refractivity contribution is 6.04. The van der Waals surface area contributed by atoms with Crippen LogP contribution in [0.15, 0.2) is 27.8 Å². The maximum Gasteiger partial charge on any atom is 0.233 e. The average Bonchev–Trinajstić information content (AvgIpc) is 3.37. The van der Waals surface area contributed by atoms with Gasteiger partial charge in [0.25, 0.3) is 0 Å². The molecule has 0 spiro atoms. The molecule has 0 aliphatic heterocycles. The number of hydrogen-bond donors (Lipinski definition) is 1. The number of rotatable bonds is 3. The van der Waals surface area contributed by atoms with Crippen LogP contribution in [0.3, 0.4) is 0 Å². The van der Waals surface area contributed by atoms with Crippen LogP contribution >= 0.6 is 0 Å². The van der Waals surface area contributed by atoms with Gasteiger partial charge in [0.15, 0.2) is 17.4 Å². The molecule has 7 heteroatoms. The summed E-state index contributed by atoms with van der Waals surface area (Å²) in [5.41, 5.74) is 5.27. The van der Waals surface area contributed by atoms with Gasteiger partial charge in [-0.25, -0.2) is 0 Å². The lowest BCUT2D eigenvalue weighted by atomic mass is 9.34. The highest BCUT2D eigenvalue weighted by Crippen LogP contribution is 2.74. The van der Waals surface area contributed by atoms with Crippen LogP contribution in [0.4, 0.5) is 0 Å². The highest BCUT2D eigenvalue weighted by Gasteiger charge is 2.70. The first-order valence-corrected chi connectivity index (χ1v) is 15.6. The van der Waals surface area contributed by atoms with Crippen molar-refractivity contribution in [2.24, 2.45) is 50.6 Å². The quantitative estimate of drug-likeness (QED) is 0.480. The fraction of sp³-hybridized carbons (Fsp3) is 0.735. The normalized spacial score (nSPS) is 42.6. The number of allylic oxidation sites excluding steroid dienone is 4. The zero-order valence-electron chi connectivity index (χ0n) is 25.9. The van der Waals surface area contributed by atoms with Crippen LogP contribution < -0.4 is 5.73 Å². The molecule has 5 aliphatic rings. The van der Waals surface area contributed by atoms with Crippen molar-refractivity contribution in [2.75, 3.05) is 6.54 Å². The van der Waals surface area contributed by atoms with E-state index in [2.05, 4.69) is 45.8 Å². The van der Waals surface area contributed by atoms with E-state index in [1.807, 2.05) is 26.0 Å². The number of aromatic nitrogens is 2. The van der Waals surface area contributed by atoms with E-state index >= 15 is 0 Å². The van der Waals surface area contributed by atoms with Gasteiger partial charge in [-0.15, -0.1) is 0 Å². The topological polar surface area (TPSA) is 123 Å². The van der Waals surface area contributed by atoms with Crippen LogP contribution in [0.25, 0.3) is 0 Å². The van der Waals surface area contributed by atoms with Crippen LogP contribution in [-0.4, -0.2) is 28.3 Å². The number of Topliss-reactive ketones (excluding diaryl/α,β-unsaturated/α-hetero) is 1. The number of fused-ring (bicyclic) bond motifs is 7. The Morgan fingerprint density at radius 2 is 1.76 bits per heavy atom. The van der Waals surface area contributed by atoms with Crippen molar-refractivity contribution >= 4 is 11.6 Å². The fourth-order valence-corrected chi connectivity index (χ4v) is 10.7. The number of nitrogens with zero attached hydrogens (tertiary/aromatic N) is 3. The Balaban J connectivity index is 1.51. The zero-order valence-corrected chi connectivity index (χ0v) is 25.9. The first-order chi connectivity index (χ1) is 19.1. The zero-order chi connectivity index (χ0) is 29.8. The van der Waals surface area contributed by atoms with Gasteiger partial charge < -0.3 is 10.3 Å². The first kappa shape index (κ1) is 28.5. The third-order valence-electron chi connectivity index (χ3n) is 13.1. The summed E-state index contributed by atoms with van der Waals surface area (Å²) in [6.07, 6.45) is 11.0. The molecule has 5 aliphatic carbocycles. The monoisotopic (exact) mass is 558 g/mol. The van der Waals surface area contributed by atoms with Crippen LogP contribution in [0.1, 0.15) is 105 Å². The largest absolute Gasteiger partial charge is 0.339 e. The van der Waals surface area contributed by atoms with Crippen LogP contribution in [0.5, 0.6) is 0 Å². The van der Waals surface area contributed by atoms with Crippen LogP contribution in [0, 0.1) is 56.2 Å². The molecule has 7 nitrogen and oxygen atoms in total. The molecule has 220 valence electrons. The summed E-state index contributed by atoms with van der Waals surface area (Å²) < 4.78 is 5.99. The number of hydrogen-bond acceptors (Lipinski definition) is 7. The standard InChI is InChI=1S/C34H46N4O3/c1-29(2)11-13-34(28-37-25(9-15-35)38-41-28)14-12-33(7)26(21(34)18-29)22(39)16-24-31(5)17-20(19-36)27(40)30(3,4)23(31)8-10-32(24,33)6/h16-17,21,23,26H,8-15,18,35H2,1-7H3/t21?,23-,26?,31-,32+,33+,34-/m0/s1. The molecule has 3 saturated carbocycles. The second kappa shape index (κ2) is 8.72. The van der Waals surface area contributed by atoms with E-state index in [0.29, 0.717) is 24.7 Å². The summed E-state index contributed by atoms with van der Waals surface area (Å²) in [6, 6.07) is 2.20. The fourth-order valence-electron chi connectivity index (χ4n) is 10.7. The Morgan fingerprint density at radius 3 is 2.44 bits per heavy atom. The van der Waals surface area contributed by atoms with Gasteiger partial charge in [-0.2, -0.15) is 10.2 Å². The Morgan fingerprint density at radius 1 is 1.05 bits per heavy atom. The Kier molecular flexibility index (Phi) is 6.07. The van der Waals surface area contributed by atoms with Gasteiger partial charge in [0, 0.05) is 23.2 Å². The molecular weight excluding hydrogens is 512 g/mol. The molecule has 0 saturated heterocycles. The molecule has 41 heavy (non-hydrogen) atoms. The van der Waals surface area contributed by atoms with Crippen molar-refractivity contribution in [1.29, 1.82) is 5.26 Å². The van der Waals surface area contributed by atoms with Crippen molar-refractivity contribution < 1.29 is 14.1 Å². The average molecular weight is 559 g/mol. The maximum atomic E-state index is 14.7. The van der Waals surface area contributed by atoms with Gasteiger partial charge in [-0.3, -0.25) is 9.59 Å². The number of nitriles is 1. The Hall–Kier alpha value is -2.59. The minimum absolute atomic E-state index is 0.0440. The minimum atomic E-state index is -0.661. The Bertz CT molecular complexity index is 1430. The summed E-state index contributed by atoms with van der Waals surface area (Å²) >= 11 is 0. The number of carbonyl (C=O) groups is 2. The summed E-state index contributed by atoms with van der Waals surface area (Å²) in [6.45, 7) is 16.0. The second-order valence-electron chi connectivity index (χ2n) is 16.0. The van der Waals surface area contributed by atoms with Crippen molar-refractivity contribution in [3.63, 3.8) is 0 Å². The lowest BCUT2D eigenvalue weighted by Crippen LogP contribution is -2.65. The predicted molar refractivity (Wildman–Crippen MR) is 155 cm³/mol. The number of ketones is 2. The SMILES string of the molecule is CC1(C)CC[C@]2(c3nc(CCN)no3)CC[C@]3(C)C(C(=O)C=C4[C@@]5(C)C=C(C#N)C(=O)C(C)(C)[C@@H]5CC[C@]43C)C2C1. The summed E-state index contributed by atoms with van der Waals surface area (Å²) in [7, 11) is 0. The first-order valence-electron chi connectivity index (χ1n) is 15.6. The predicted octanol–water partition coefficient (Wildman–Crippen LogP) is 6.04. The van der Waals surface area contributed by atoms with Gasteiger partial charge in [-0.05, 0) is 85.6 Å². The molecular formula is C34H46N4O3. The van der Waals surface area contributed by atoms with Gasteiger partial charge in [0.2, 0.25) is 5.89 Å². The second-order valence-corrected chi connectivity index (χ2v) is 16.0. The number of carbonyl (C=O) groups excluding carboxylic acids is 2. The van der Waals surface area contributed by atoms with E-state index in [0.717, 1.165) is 50.5 Å². The molecule has 1 aromatic heterocycles. The van der Waals surface area contributed by atoms with Crippen molar-refractivity contribution in [3.8, 4) is 6.07 Å². The molecule has 1 heterocycles. The summed E-state index contributed by atoms with van der Waals surface area (Å²) in [4.78, 5) is 32.8. The molecule has 7 atom stereocenters. The van der Waals surface area contributed by atoms with Gasteiger partial charge in [0.1, 0.15) is 6.07 Å². The van der Waals surface area contributed by atoms with Crippen molar-refractivity contribution in [3.05, 3.63) is 35.0 Å². The molecule has 1 aromatic rings. The molecule has 0 aromatic carbocycles. The minimum Gasteiger partial charge on any atom is -0.339 e. The van der Waals surface area contributed by atoms with Gasteiger partial charge in [-0.1, -0.05) is 65.3 Å². The van der Waals surface area contributed by atoms with Gasteiger partial charge >= 0.3 is 0 Å². The van der Waals surface area contributed by atoms with E-state index in [4.69, 9.17) is 15.2 Å². The maximum absolute atomic E-state index is 14.7. The molecule has 0 radical (unpaired) electrons. The smallest absolute Gasteiger partial charge is 0.233 e. The number of nitrogens with two attached hydrogens (primary N) is 1. The molecule has 0 bridgehead atoms. The molecule has 6 rings (SSSR count). The van der Waals surface area contributed by atoms with Crippen molar-refractivity contribution in [1.82, 2.24) is 10.1 Å². The highest BCUT2D eigenvalue weighted by atomic mass is 16.5. The lowest BCUT2D eigenvalue weighted by Gasteiger charge is -2.68. The summed E-state index contributed by atoms with van der Waals surface area (Å²) in [5, 5.41) is 14.2. The van der Waals surface area contributed by atoms with E-state index in [1.165, 1.54) is 0 Å². The molecule has 2 unspecified atom stereocenters. The van der Waals surface area contributed by atoms with Crippen LogP contribution in [0.2, 0.25) is 0 Å². The van der Waals surface area contributed by atoms with Gasteiger partial charge in [0.05, 0.1) is 11.0 Å². The van der Waals surface area contributed by atoms with E-state index < -0.39 is 10.8 Å². The Labute approximate surface area is 244 Å². The van der Waals surface area contributed by atoms with E-state index in [-0.39, 0.29) is 56.6 Å². The molecule has 2 N–H and O–H groups in total. The van der Waals surface area contributed by atoms with Crippen molar-refractivity contribution in [2.45, 2.75) is 105 Å². The third-order valence-corrected chi connectivity index (χ3v) is 13.1. The summed E-state index contributed by atoms with van der Waals surface area (Å²) in [5.74, 6) is 1.45. The lowest BCUT2D eigenvalue weighted by molar-refractivity contribution is -0.161. The van der Waals surface area contributed by atoms with E-state index in [9.17, 15) is 14.9 Å².